The van der Waals surface area contributed by atoms with Gasteiger partial charge in [-0.15, -0.1) is 0 Å². The van der Waals surface area contributed by atoms with Gasteiger partial charge in [-0.3, -0.25) is 0 Å². The van der Waals surface area contributed by atoms with Crippen LogP contribution in [0.3, 0.4) is 0 Å². The Kier molecular flexibility index (Phi) is 8.51. The van der Waals surface area contributed by atoms with Gasteiger partial charge in [0.15, 0.2) is 6.29 Å². The first kappa shape index (κ1) is 22.6. The Balaban J connectivity index is 1.15. The van der Waals surface area contributed by atoms with Crippen LogP contribution < -0.4 is 0 Å². The van der Waals surface area contributed by atoms with Crippen LogP contribution in [-0.4, -0.2) is 33.2 Å². The van der Waals surface area contributed by atoms with Gasteiger partial charge in [0, 0.05) is 30.6 Å². The van der Waals surface area contributed by atoms with Gasteiger partial charge in [0.25, 0.3) is 0 Å². The minimum Gasteiger partial charge on any atom is -0.385 e. The summed E-state index contributed by atoms with van der Waals surface area (Å²) in [7, 11) is 1.77. The highest BCUT2D eigenvalue weighted by molar-refractivity contribution is 6.30. The summed E-state index contributed by atoms with van der Waals surface area (Å²) >= 11 is 6.05. The first-order chi connectivity index (χ1) is 14.7. The van der Waals surface area contributed by atoms with E-state index in [-0.39, 0.29) is 6.29 Å². The molecule has 1 saturated heterocycles. The van der Waals surface area contributed by atoms with Gasteiger partial charge in [0.2, 0.25) is 0 Å². The Morgan fingerprint density at radius 1 is 0.833 bits per heavy atom. The maximum Gasteiger partial charge on any atom is 0.160 e. The minimum atomic E-state index is 0.0465. The third-order valence-corrected chi connectivity index (χ3v) is 8.19. The van der Waals surface area contributed by atoms with E-state index in [0.717, 1.165) is 55.4 Å². The molecular formula is C26H39ClO3. The maximum atomic E-state index is 6.14. The van der Waals surface area contributed by atoms with Crippen LogP contribution in [0.15, 0.2) is 24.3 Å². The van der Waals surface area contributed by atoms with Crippen LogP contribution in [-0.2, 0) is 14.2 Å². The van der Waals surface area contributed by atoms with Crippen LogP contribution in [0.2, 0.25) is 5.02 Å². The summed E-state index contributed by atoms with van der Waals surface area (Å²) in [6, 6.07) is 8.54. The fourth-order valence-electron chi connectivity index (χ4n) is 6.06. The molecule has 0 amide bonds. The van der Waals surface area contributed by atoms with Gasteiger partial charge in [-0.1, -0.05) is 23.7 Å². The molecule has 4 rings (SSSR count). The predicted octanol–water partition coefficient (Wildman–Crippen LogP) is 6.84. The minimum absolute atomic E-state index is 0.0465. The number of halogens is 1. The van der Waals surface area contributed by atoms with E-state index in [1.54, 1.807) is 7.11 Å². The summed E-state index contributed by atoms with van der Waals surface area (Å²) < 4.78 is 17.4. The van der Waals surface area contributed by atoms with E-state index in [9.17, 15) is 0 Å². The number of hydrogen-bond acceptors (Lipinski definition) is 3. The van der Waals surface area contributed by atoms with E-state index in [0.29, 0.717) is 11.8 Å². The highest BCUT2D eigenvalue weighted by atomic mass is 35.5. The van der Waals surface area contributed by atoms with E-state index in [4.69, 9.17) is 25.8 Å². The van der Waals surface area contributed by atoms with Gasteiger partial charge in [-0.25, -0.2) is 0 Å². The highest BCUT2D eigenvalue weighted by Crippen LogP contribution is 2.45. The van der Waals surface area contributed by atoms with Gasteiger partial charge in [0.05, 0.1) is 13.2 Å². The lowest BCUT2D eigenvalue weighted by Gasteiger charge is -2.41. The monoisotopic (exact) mass is 434 g/mol. The van der Waals surface area contributed by atoms with Crippen molar-refractivity contribution in [2.75, 3.05) is 26.9 Å². The second-order valence-corrected chi connectivity index (χ2v) is 10.3. The van der Waals surface area contributed by atoms with Gasteiger partial charge in [-0.05, 0) is 99.7 Å². The van der Waals surface area contributed by atoms with Crippen molar-refractivity contribution in [1.82, 2.24) is 0 Å². The van der Waals surface area contributed by atoms with Gasteiger partial charge < -0.3 is 14.2 Å². The molecule has 2 aliphatic carbocycles. The first-order valence-corrected chi connectivity index (χ1v) is 12.6. The Bertz CT molecular complexity index is 610. The third-order valence-electron chi connectivity index (χ3n) is 7.93. The zero-order chi connectivity index (χ0) is 20.8. The molecule has 0 bridgehead atoms. The van der Waals surface area contributed by atoms with E-state index in [1.807, 2.05) is 12.1 Å². The quantitative estimate of drug-likeness (QED) is 0.440. The van der Waals surface area contributed by atoms with Crippen molar-refractivity contribution in [3.63, 3.8) is 0 Å². The predicted molar refractivity (Wildman–Crippen MR) is 122 cm³/mol. The molecule has 1 aliphatic heterocycles. The average Bonchev–Trinajstić information content (AvgIpc) is 2.81. The molecule has 0 aromatic heterocycles. The van der Waals surface area contributed by atoms with Gasteiger partial charge in [-0.2, -0.15) is 0 Å². The molecule has 1 aromatic carbocycles. The summed E-state index contributed by atoms with van der Waals surface area (Å²) in [5.74, 6) is 3.72. The molecule has 0 atom stereocenters. The van der Waals surface area contributed by atoms with E-state index in [1.165, 1.54) is 56.9 Å². The van der Waals surface area contributed by atoms with Crippen LogP contribution in [0.1, 0.15) is 75.7 Å². The molecule has 168 valence electrons. The topological polar surface area (TPSA) is 27.7 Å². The van der Waals surface area contributed by atoms with Crippen molar-refractivity contribution in [1.29, 1.82) is 0 Å². The largest absolute Gasteiger partial charge is 0.385 e. The van der Waals surface area contributed by atoms with Gasteiger partial charge in [0.1, 0.15) is 0 Å². The van der Waals surface area contributed by atoms with Crippen molar-refractivity contribution in [2.45, 2.75) is 76.4 Å². The van der Waals surface area contributed by atoms with Crippen LogP contribution in [0.25, 0.3) is 0 Å². The molecule has 0 spiro atoms. The molecule has 2 saturated carbocycles. The van der Waals surface area contributed by atoms with Crippen molar-refractivity contribution in [3.8, 4) is 0 Å². The molecule has 3 aliphatic rings. The van der Waals surface area contributed by atoms with Crippen molar-refractivity contribution in [2.24, 2.45) is 23.7 Å². The Morgan fingerprint density at radius 2 is 1.40 bits per heavy atom. The summed E-state index contributed by atoms with van der Waals surface area (Å²) in [5.41, 5.74) is 1.48. The normalized spacial score (nSPS) is 35.3. The maximum absolute atomic E-state index is 6.14. The van der Waals surface area contributed by atoms with E-state index in [2.05, 4.69) is 12.1 Å². The Hall–Kier alpha value is -0.610. The number of ether oxygens (including phenoxy) is 3. The van der Waals surface area contributed by atoms with Crippen molar-refractivity contribution < 1.29 is 14.2 Å². The second kappa shape index (κ2) is 11.3. The van der Waals surface area contributed by atoms with E-state index < -0.39 is 0 Å². The lowest BCUT2D eigenvalue weighted by molar-refractivity contribution is -0.230. The number of benzene rings is 1. The molecular weight excluding hydrogens is 396 g/mol. The molecule has 1 aromatic rings. The SMILES string of the molecule is COCCCC1COC(C2CCC(C3CCC(c4ccc(Cl)cc4)CC3)CC2)OC1. The molecule has 3 nitrogen and oxygen atoms in total. The van der Waals surface area contributed by atoms with Crippen LogP contribution >= 0.6 is 11.6 Å². The van der Waals surface area contributed by atoms with Crippen molar-refractivity contribution >= 4 is 11.6 Å². The summed E-state index contributed by atoms with van der Waals surface area (Å²) in [6.07, 6.45) is 13.0. The number of methoxy groups -OCH3 is 1. The molecule has 4 heteroatoms. The zero-order valence-corrected chi connectivity index (χ0v) is 19.3. The fraction of sp³-hybridized carbons (Fsp3) is 0.769. The third kappa shape index (κ3) is 6.00. The van der Waals surface area contributed by atoms with Crippen molar-refractivity contribution in [3.05, 3.63) is 34.9 Å². The first-order valence-electron chi connectivity index (χ1n) is 12.2. The zero-order valence-electron chi connectivity index (χ0n) is 18.6. The smallest absolute Gasteiger partial charge is 0.160 e. The molecule has 3 fully saturated rings. The molecule has 30 heavy (non-hydrogen) atoms. The van der Waals surface area contributed by atoms with Crippen LogP contribution in [0.4, 0.5) is 0 Å². The Labute approximate surface area is 187 Å². The average molecular weight is 435 g/mol. The summed E-state index contributed by atoms with van der Waals surface area (Å²) in [4.78, 5) is 0. The van der Waals surface area contributed by atoms with E-state index >= 15 is 0 Å². The van der Waals surface area contributed by atoms with Crippen LogP contribution in [0.5, 0.6) is 0 Å². The lowest BCUT2D eigenvalue weighted by Crippen LogP contribution is -2.39. The second-order valence-electron chi connectivity index (χ2n) is 9.87. The molecule has 0 N–H and O–H groups in total. The number of rotatable bonds is 7. The lowest BCUT2D eigenvalue weighted by atomic mass is 9.68. The molecule has 0 radical (unpaired) electrons. The number of hydrogen-bond donors (Lipinski definition) is 0. The van der Waals surface area contributed by atoms with Crippen LogP contribution in [0, 0.1) is 23.7 Å². The summed E-state index contributed by atoms with van der Waals surface area (Å²) in [5, 5.41) is 0.844. The molecule has 1 heterocycles. The standard InChI is InChI=1S/C26H39ClO3/c1-28-16-2-3-19-17-29-26(30-18-19)24-10-8-22(9-11-24)20-4-6-21(7-5-20)23-12-14-25(27)15-13-23/h12-15,19-22,24,26H,2-11,16-18H2,1H3. The summed E-state index contributed by atoms with van der Waals surface area (Å²) in [6.45, 7) is 2.57. The van der Waals surface area contributed by atoms with Gasteiger partial charge >= 0.3 is 0 Å². The Morgan fingerprint density at radius 3 is 2.00 bits per heavy atom. The molecule has 0 unspecified atom stereocenters. The fourth-order valence-corrected chi connectivity index (χ4v) is 6.19. The highest BCUT2D eigenvalue weighted by Gasteiger charge is 2.35.